The lowest BCUT2D eigenvalue weighted by Crippen LogP contribution is -2.13. The SMILES string of the molecule is CCOc1cc(/C=C(/C#N)C(=O)Nc2ccc([N+](=O)[O-])cc2O)cc(I)c1OCc1ccccc1C. The molecule has 0 spiro atoms. The Labute approximate surface area is 221 Å². The number of carbonyl (C=O) groups is 1. The van der Waals surface area contributed by atoms with E-state index in [0.717, 1.165) is 26.8 Å². The van der Waals surface area contributed by atoms with Crippen molar-refractivity contribution in [3.8, 4) is 23.3 Å². The quantitative estimate of drug-likeness (QED) is 0.0801. The number of nitrogens with zero attached hydrogens (tertiary/aromatic N) is 2. The number of phenols is 1. The number of nitro groups is 1. The van der Waals surface area contributed by atoms with Gasteiger partial charge in [0.05, 0.1) is 26.9 Å². The van der Waals surface area contributed by atoms with Gasteiger partial charge in [-0.05, 0) is 77.4 Å². The summed E-state index contributed by atoms with van der Waals surface area (Å²) in [6.45, 7) is 4.58. The molecule has 0 bridgehead atoms. The van der Waals surface area contributed by atoms with Crippen LogP contribution >= 0.6 is 22.6 Å². The minimum atomic E-state index is -0.783. The molecular weight excluding hydrogens is 577 g/mol. The molecule has 1 amide bonds. The van der Waals surface area contributed by atoms with E-state index in [4.69, 9.17) is 9.47 Å². The van der Waals surface area contributed by atoms with Crippen molar-refractivity contribution in [3.05, 3.63) is 90.5 Å². The number of rotatable bonds is 9. The number of carbonyl (C=O) groups excluding carboxylic acids is 1. The molecule has 3 aromatic carbocycles. The number of aromatic hydroxyl groups is 1. The maximum Gasteiger partial charge on any atom is 0.273 e. The molecule has 0 aliphatic heterocycles. The van der Waals surface area contributed by atoms with E-state index in [-0.39, 0.29) is 16.9 Å². The van der Waals surface area contributed by atoms with Crippen LogP contribution in [0.3, 0.4) is 0 Å². The standard InChI is InChI=1S/C26H22IN3O6/c1-3-35-24-12-17(11-21(27)25(24)36-15-18-7-5-4-6-16(18)2)10-19(14-28)26(32)29-22-9-8-20(30(33)34)13-23(22)31/h4-13,31H,3,15H2,1-2H3,(H,29,32)/b19-10-. The molecule has 0 radical (unpaired) electrons. The van der Waals surface area contributed by atoms with Gasteiger partial charge >= 0.3 is 0 Å². The first-order valence-electron chi connectivity index (χ1n) is 10.8. The highest BCUT2D eigenvalue weighted by Crippen LogP contribution is 2.36. The van der Waals surface area contributed by atoms with Crippen LogP contribution in [0.1, 0.15) is 23.6 Å². The van der Waals surface area contributed by atoms with Gasteiger partial charge in [-0.2, -0.15) is 5.26 Å². The highest BCUT2D eigenvalue weighted by molar-refractivity contribution is 14.1. The molecule has 0 saturated heterocycles. The maximum atomic E-state index is 12.7. The van der Waals surface area contributed by atoms with Gasteiger partial charge in [-0.3, -0.25) is 14.9 Å². The summed E-state index contributed by atoms with van der Waals surface area (Å²) >= 11 is 2.10. The van der Waals surface area contributed by atoms with Crippen LogP contribution in [0, 0.1) is 31.9 Å². The van der Waals surface area contributed by atoms with Crippen LogP contribution in [0.15, 0.2) is 60.2 Å². The van der Waals surface area contributed by atoms with Crippen LogP contribution in [0.5, 0.6) is 17.2 Å². The summed E-state index contributed by atoms with van der Waals surface area (Å²) in [6, 6.07) is 16.4. The second-order valence-electron chi connectivity index (χ2n) is 7.56. The van der Waals surface area contributed by atoms with Crippen molar-refractivity contribution in [2.75, 3.05) is 11.9 Å². The number of non-ortho nitro benzene ring substituents is 1. The minimum Gasteiger partial charge on any atom is -0.506 e. The number of nitriles is 1. The smallest absolute Gasteiger partial charge is 0.273 e. The fraction of sp³-hybridized carbons (Fsp3) is 0.154. The molecule has 0 saturated carbocycles. The topological polar surface area (TPSA) is 135 Å². The van der Waals surface area contributed by atoms with Gasteiger partial charge in [0.25, 0.3) is 11.6 Å². The van der Waals surface area contributed by atoms with Crippen molar-refractivity contribution in [1.29, 1.82) is 5.26 Å². The second kappa shape index (κ2) is 12.0. The molecule has 0 aliphatic rings. The molecule has 184 valence electrons. The summed E-state index contributed by atoms with van der Waals surface area (Å²) in [5.74, 6) is -0.251. The summed E-state index contributed by atoms with van der Waals surface area (Å²) in [4.78, 5) is 22.8. The molecule has 10 heteroatoms. The number of benzene rings is 3. The third-order valence-corrected chi connectivity index (χ3v) is 5.88. The summed E-state index contributed by atoms with van der Waals surface area (Å²) in [5.41, 5.74) is 2.05. The molecule has 0 aliphatic carbocycles. The number of phenolic OH excluding ortho intramolecular Hbond substituents is 1. The predicted molar refractivity (Wildman–Crippen MR) is 143 cm³/mol. The molecule has 0 unspecified atom stereocenters. The average molecular weight is 599 g/mol. The average Bonchev–Trinajstić information content (AvgIpc) is 2.84. The Morgan fingerprint density at radius 1 is 1.22 bits per heavy atom. The van der Waals surface area contributed by atoms with Crippen LogP contribution in [0.4, 0.5) is 11.4 Å². The third kappa shape index (κ3) is 6.51. The zero-order valence-corrected chi connectivity index (χ0v) is 21.6. The molecule has 36 heavy (non-hydrogen) atoms. The first-order valence-corrected chi connectivity index (χ1v) is 11.9. The lowest BCUT2D eigenvalue weighted by molar-refractivity contribution is -0.384. The predicted octanol–water partition coefficient (Wildman–Crippen LogP) is 5.74. The van der Waals surface area contributed by atoms with Crippen LogP contribution in [0.2, 0.25) is 0 Å². The van der Waals surface area contributed by atoms with Crippen LogP contribution in [-0.2, 0) is 11.4 Å². The van der Waals surface area contributed by atoms with E-state index in [0.29, 0.717) is 30.3 Å². The molecule has 3 rings (SSSR count). The molecule has 3 aromatic rings. The van der Waals surface area contributed by atoms with Crippen molar-refractivity contribution in [3.63, 3.8) is 0 Å². The maximum absolute atomic E-state index is 12.7. The largest absolute Gasteiger partial charge is 0.506 e. The van der Waals surface area contributed by atoms with Gasteiger partial charge in [0.15, 0.2) is 11.5 Å². The summed E-state index contributed by atoms with van der Waals surface area (Å²) in [6.07, 6.45) is 1.38. The fourth-order valence-electron chi connectivity index (χ4n) is 3.24. The Morgan fingerprint density at radius 3 is 2.61 bits per heavy atom. The van der Waals surface area contributed by atoms with E-state index >= 15 is 0 Å². The lowest BCUT2D eigenvalue weighted by atomic mass is 10.1. The van der Waals surface area contributed by atoms with Gasteiger partial charge in [0.2, 0.25) is 0 Å². The first kappa shape index (κ1) is 26.5. The number of hydrogen-bond acceptors (Lipinski definition) is 7. The second-order valence-corrected chi connectivity index (χ2v) is 8.72. The van der Waals surface area contributed by atoms with Crippen molar-refractivity contribution >= 4 is 45.9 Å². The first-order chi connectivity index (χ1) is 17.2. The van der Waals surface area contributed by atoms with E-state index in [2.05, 4.69) is 27.9 Å². The van der Waals surface area contributed by atoms with Gasteiger partial charge in [0.1, 0.15) is 24.0 Å². The highest BCUT2D eigenvalue weighted by atomic mass is 127. The lowest BCUT2D eigenvalue weighted by Gasteiger charge is -2.16. The van der Waals surface area contributed by atoms with Crippen LogP contribution in [0.25, 0.3) is 6.08 Å². The fourth-order valence-corrected chi connectivity index (χ4v) is 4.02. The monoisotopic (exact) mass is 599 g/mol. The number of anilines is 1. The number of halogens is 1. The zero-order chi connectivity index (χ0) is 26.2. The number of ether oxygens (including phenoxy) is 2. The molecule has 0 atom stereocenters. The van der Waals surface area contributed by atoms with E-state index < -0.39 is 16.6 Å². The molecule has 9 nitrogen and oxygen atoms in total. The molecular formula is C26H22IN3O6. The van der Waals surface area contributed by atoms with Crippen molar-refractivity contribution in [1.82, 2.24) is 0 Å². The Kier molecular flexibility index (Phi) is 8.86. The summed E-state index contributed by atoms with van der Waals surface area (Å²) < 4.78 is 12.6. The van der Waals surface area contributed by atoms with Crippen molar-refractivity contribution in [2.24, 2.45) is 0 Å². The Morgan fingerprint density at radius 2 is 1.97 bits per heavy atom. The molecule has 0 aromatic heterocycles. The highest BCUT2D eigenvalue weighted by Gasteiger charge is 2.17. The van der Waals surface area contributed by atoms with Crippen LogP contribution < -0.4 is 14.8 Å². The summed E-state index contributed by atoms with van der Waals surface area (Å²) in [7, 11) is 0. The Hall–Kier alpha value is -4.11. The van der Waals surface area contributed by atoms with Crippen molar-refractivity contribution in [2.45, 2.75) is 20.5 Å². The number of aryl methyl sites for hydroxylation is 1. The van der Waals surface area contributed by atoms with Gasteiger partial charge in [-0.1, -0.05) is 24.3 Å². The number of nitrogens with one attached hydrogen (secondary N) is 1. The van der Waals surface area contributed by atoms with Crippen LogP contribution in [-0.4, -0.2) is 22.5 Å². The normalized spacial score (nSPS) is 10.9. The van der Waals surface area contributed by atoms with Crippen molar-refractivity contribution < 1.29 is 24.3 Å². The van der Waals surface area contributed by atoms with E-state index in [1.54, 1.807) is 12.1 Å². The molecule has 0 heterocycles. The van der Waals surface area contributed by atoms with Gasteiger partial charge in [0, 0.05) is 6.07 Å². The third-order valence-electron chi connectivity index (χ3n) is 5.08. The van der Waals surface area contributed by atoms with Gasteiger partial charge in [-0.25, -0.2) is 0 Å². The van der Waals surface area contributed by atoms with E-state index in [1.165, 1.54) is 12.1 Å². The van der Waals surface area contributed by atoms with E-state index in [9.17, 15) is 25.3 Å². The molecule has 2 N–H and O–H groups in total. The van der Waals surface area contributed by atoms with E-state index in [1.807, 2.05) is 44.2 Å². The minimum absolute atomic E-state index is 0.0590. The Bertz CT molecular complexity index is 1380. The summed E-state index contributed by atoms with van der Waals surface area (Å²) in [5, 5.41) is 32.8. The number of amides is 1. The Balaban J connectivity index is 1.86. The zero-order valence-electron chi connectivity index (χ0n) is 19.4. The number of nitro benzene ring substituents is 1. The molecule has 0 fully saturated rings. The van der Waals surface area contributed by atoms with Gasteiger partial charge in [-0.15, -0.1) is 0 Å². The number of hydrogen-bond donors (Lipinski definition) is 2. The van der Waals surface area contributed by atoms with Gasteiger partial charge < -0.3 is 19.9 Å².